The number of benzene rings is 2. The zero-order valence-corrected chi connectivity index (χ0v) is 25.8. The molecule has 3 fully saturated rings. The fourth-order valence-corrected chi connectivity index (χ4v) is 6.08. The number of halogens is 7. The number of piperidine rings is 1. The molecule has 3 atom stereocenters. The lowest BCUT2D eigenvalue weighted by Crippen LogP contribution is -2.55. The van der Waals surface area contributed by atoms with E-state index in [9.17, 15) is 45.4 Å². The molecule has 0 bridgehead atoms. The molecule has 5 rings (SSSR count). The Morgan fingerprint density at radius 3 is 1.96 bits per heavy atom. The first-order chi connectivity index (χ1) is 21.5. The summed E-state index contributed by atoms with van der Waals surface area (Å²) in [5.41, 5.74) is -1.07. The maximum atomic E-state index is 13.5. The number of carbonyl (C=O) groups excluding carboxylic acids is 1. The monoisotopic (exact) mass is 659 g/mol. The van der Waals surface area contributed by atoms with Crippen molar-refractivity contribution in [3.63, 3.8) is 0 Å². The second kappa shape index (κ2) is 14.2. The Morgan fingerprint density at radius 2 is 1.48 bits per heavy atom. The van der Waals surface area contributed by atoms with Gasteiger partial charge in [0.05, 0.1) is 17.2 Å². The highest BCUT2D eigenvalue weighted by Crippen LogP contribution is 2.39. The summed E-state index contributed by atoms with van der Waals surface area (Å²) >= 11 is 0. The quantitative estimate of drug-likeness (QED) is 0.335. The summed E-state index contributed by atoms with van der Waals surface area (Å²) in [7, 11) is 1.33. The molecule has 0 spiro atoms. The lowest BCUT2D eigenvalue weighted by atomic mass is 9.88. The fraction of sp³-hybridized carbons (Fsp3) is 0.562. The maximum Gasteiger partial charge on any atom is 0.416 e. The third-order valence-corrected chi connectivity index (χ3v) is 8.96. The van der Waals surface area contributed by atoms with Crippen molar-refractivity contribution in [2.45, 2.75) is 70.0 Å². The number of alkyl halides is 6. The van der Waals surface area contributed by atoms with E-state index in [1.807, 2.05) is 11.8 Å². The number of aryl methyl sites for hydroxylation is 1. The molecule has 1 N–H and O–H groups in total. The summed E-state index contributed by atoms with van der Waals surface area (Å²) in [4.78, 5) is 29.9. The second-order valence-electron chi connectivity index (χ2n) is 12.1. The summed E-state index contributed by atoms with van der Waals surface area (Å²) in [6, 6.07) is 5.38. The van der Waals surface area contributed by atoms with Gasteiger partial charge < -0.3 is 20.2 Å². The van der Waals surface area contributed by atoms with E-state index in [-0.39, 0.29) is 35.4 Å². The minimum atomic E-state index is -4.82. The fourth-order valence-electron chi connectivity index (χ4n) is 6.08. The van der Waals surface area contributed by atoms with Crippen LogP contribution >= 0.6 is 0 Å². The van der Waals surface area contributed by atoms with Crippen molar-refractivity contribution in [1.82, 2.24) is 14.7 Å². The Balaban J connectivity index is 0.000000232. The standard InChI is InChI=1S/C21H28FN3O3.C11H10F6N/c1-14-12-16(22)4-5-18(14)19-13-17(6-7-25(19)21(27)28)23-8-10-24(11-9-23)20(26)15-2-3-15;1-6(18-2)7-3-8(10(12,13)14)5-9(4-7)11(15,16)17/h4-5,12,15,17,19H,2-3,6-11,13H2,1H3,(H,27,28);3-6H,1-2H3/q;-1/t17-,19-;6-/m11/s1. The molecule has 0 aromatic heterocycles. The van der Waals surface area contributed by atoms with E-state index >= 15 is 0 Å². The van der Waals surface area contributed by atoms with Crippen molar-refractivity contribution < 1.29 is 45.4 Å². The highest BCUT2D eigenvalue weighted by molar-refractivity contribution is 5.81. The number of hydrogen-bond acceptors (Lipinski definition) is 3. The van der Waals surface area contributed by atoms with E-state index in [4.69, 9.17) is 0 Å². The molecule has 254 valence electrons. The van der Waals surface area contributed by atoms with Crippen LogP contribution in [0.4, 0.5) is 35.5 Å². The lowest BCUT2D eigenvalue weighted by Gasteiger charge is -2.45. The van der Waals surface area contributed by atoms with E-state index < -0.39 is 35.6 Å². The number of rotatable bonds is 5. The third-order valence-electron chi connectivity index (χ3n) is 8.96. The Bertz CT molecular complexity index is 1360. The van der Waals surface area contributed by atoms with Gasteiger partial charge >= 0.3 is 18.4 Å². The molecule has 3 aliphatic rings. The van der Waals surface area contributed by atoms with Gasteiger partial charge in [-0.15, -0.1) is 6.04 Å². The molecule has 0 radical (unpaired) electrons. The molecule has 0 unspecified atom stereocenters. The smallest absolute Gasteiger partial charge is 0.416 e. The molecular weight excluding hydrogens is 621 g/mol. The van der Waals surface area contributed by atoms with Crippen molar-refractivity contribution in [3.05, 3.63) is 75.3 Å². The summed E-state index contributed by atoms with van der Waals surface area (Å²) in [6.45, 7) is 6.93. The molecule has 2 amide bonds. The average molecular weight is 660 g/mol. The van der Waals surface area contributed by atoms with Crippen molar-refractivity contribution in [2.75, 3.05) is 39.8 Å². The van der Waals surface area contributed by atoms with Crippen LogP contribution in [0.5, 0.6) is 0 Å². The predicted octanol–water partition coefficient (Wildman–Crippen LogP) is 7.66. The molecule has 2 aromatic carbocycles. The first-order valence-corrected chi connectivity index (χ1v) is 15.2. The van der Waals surface area contributed by atoms with Crippen molar-refractivity contribution in [2.24, 2.45) is 5.92 Å². The van der Waals surface area contributed by atoms with Crippen LogP contribution in [0.2, 0.25) is 0 Å². The normalized spacial score (nSPS) is 21.8. The van der Waals surface area contributed by atoms with E-state index in [1.54, 1.807) is 6.07 Å². The number of piperazine rings is 1. The Morgan fingerprint density at radius 1 is 0.891 bits per heavy atom. The molecule has 2 saturated heterocycles. The van der Waals surface area contributed by atoms with Gasteiger partial charge in [-0.3, -0.25) is 9.69 Å². The summed E-state index contributed by atoms with van der Waals surface area (Å²) in [6.07, 6.45) is -6.99. The van der Waals surface area contributed by atoms with Crippen LogP contribution in [0.3, 0.4) is 0 Å². The zero-order valence-electron chi connectivity index (χ0n) is 25.8. The SMILES string of the molecule is C[N-][C@H](C)c1cc(C(F)(F)F)cc(C(F)(F)F)c1.Cc1cc(F)ccc1[C@H]1C[C@H](N2CCN(C(=O)C3CC3)CC2)CCN1C(=O)O. The Hall–Kier alpha value is -3.39. The molecule has 2 aromatic rings. The van der Waals surface area contributed by atoms with Crippen LogP contribution in [0.25, 0.3) is 5.32 Å². The van der Waals surface area contributed by atoms with Gasteiger partial charge in [0.2, 0.25) is 5.91 Å². The number of likely N-dealkylation sites (tertiary alicyclic amines) is 1. The average Bonchev–Trinajstić information content (AvgIpc) is 3.85. The van der Waals surface area contributed by atoms with E-state index in [2.05, 4.69) is 10.2 Å². The topological polar surface area (TPSA) is 78.2 Å². The largest absolute Gasteiger partial charge is 0.659 e. The van der Waals surface area contributed by atoms with E-state index in [1.165, 1.54) is 31.0 Å². The number of hydrogen-bond donors (Lipinski definition) is 1. The van der Waals surface area contributed by atoms with Crippen LogP contribution in [-0.2, 0) is 17.1 Å². The maximum absolute atomic E-state index is 13.5. The van der Waals surface area contributed by atoms with Crippen molar-refractivity contribution in [3.8, 4) is 0 Å². The Labute approximate surface area is 263 Å². The third kappa shape index (κ3) is 8.69. The first-order valence-electron chi connectivity index (χ1n) is 15.2. The van der Waals surface area contributed by atoms with Crippen molar-refractivity contribution >= 4 is 12.0 Å². The van der Waals surface area contributed by atoms with E-state index in [0.29, 0.717) is 31.0 Å². The van der Waals surface area contributed by atoms with Crippen LogP contribution in [0.1, 0.15) is 72.5 Å². The van der Waals surface area contributed by atoms with Gasteiger partial charge in [-0.05, 0) is 74.1 Å². The number of nitrogens with zero attached hydrogens (tertiary/aromatic N) is 4. The predicted molar refractivity (Wildman–Crippen MR) is 157 cm³/mol. The van der Waals surface area contributed by atoms with Crippen LogP contribution < -0.4 is 0 Å². The van der Waals surface area contributed by atoms with Gasteiger partial charge in [0, 0.05) is 44.7 Å². The minimum Gasteiger partial charge on any atom is -0.659 e. The van der Waals surface area contributed by atoms with Gasteiger partial charge in [0.15, 0.2) is 0 Å². The second-order valence-corrected chi connectivity index (χ2v) is 12.1. The summed E-state index contributed by atoms with van der Waals surface area (Å²) in [5, 5.41) is 13.3. The lowest BCUT2D eigenvalue weighted by molar-refractivity contribution is -0.143. The molecule has 7 nitrogen and oxygen atoms in total. The first kappa shape index (κ1) is 35.5. The molecule has 1 saturated carbocycles. The minimum absolute atomic E-state index is 0.103. The summed E-state index contributed by atoms with van der Waals surface area (Å²) < 4.78 is 88.6. The molecule has 2 heterocycles. The van der Waals surface area contributed by atoms with Crippen molar-refractivity contribution in [1.29, 1.82) is 0 Å². The van der Waals surface area contributed by atoms with Crippen LogP contribution in [0, 0.1) is 18.7 Å². The molecule has 1 aliphatic carbocycles. The number of carbonyl (C=O) groups is 2. The summed E-state index contributed by atoms with van der Waals surface area (Å²) in [5.74, 6) is 0.267. The van der Waals surface area contributed by atoms with Crippen LogP contribution in [-0.4, -0.2) is 77.6 Å². The molecule has 2 aliphatic heterocycles. The number of amides is 2. The highest BCUT2D eigenvalue weighted by Gasteiger charge is 2.39. The van der Waals surface area contributed by atoms with Crippen LogP contribution in [0.15, 0.2) is 36.4 Å². The molecule has 46 heavy (non-hydrogen) atoms. The molecular formula is C32H38F7N4O3-. The molecule has 14 heteroatoms. The van der Waals surface area contributed by atoms with Gasteiger partial charge in [0.1, 0.15) is 5.82 Å². The van der Waals surface area contributed by atoms with E-state index in [0.717, 1.165) is 56.6 Å². The van der Waals surface area contributed by atoms with Gasteiger partial charge in [-0.1, -0.05) is 18.6 Å². The van der Waals surface area contributed by atoms with Gasteiger partial charge in [0.25, 0.3) is 0 Å². The van der Waals surface area contributed by atoms with Gasteiger partial charge in [-0.2, -0.15) is 33.4 Å². The zero-order chi connectivity index (χ0) is 34.0. The Kier molecular flexibility index (Phi) is 10.9. The highest BCUT2D eigenvalue weighted by atomic mass is 19.4. The van der Waals surface area contributed by atoms with Gasteiger partial charge in [-0.25, -0.2) is 9.18 Å². The number of carboxylic acid groups (broad SMARTS) is 1.